The van der Waals surface area contributed by atoms with Crippen molar-refractivity contribution >= 4 is 21.9 Å². The lowest BCUT2D eigenvalue weighted by atomic mass is 9.84. The largest absolute Gasteiger partial charge is 0.497 e. The molecule has 1 saturated heterocycles. The molecular formula is C26H27BrNO4+. The molecule has 0 spiro atoms. The van der Waals surface area contributed by atoms with E-state index in [-0.39, 0.29) is 0 Å². The SMILES string of the molecule is COc1cc(Br)c(C(=O)OC2(c3ccccc3)CC[NH2+]CC2)c(OCc2ccccc2)c1. The molecule has 4 rings (SSSR count). The quantitative estimate of drug-likeness (QED) is 0.491. The van der Waals surface area contributed by atoms with E-state index in [0.29, 0.717) is 28.1 Å². The molecule has 2 N–H and O–H groups in total. The van der Waals surface area contributed by atoms with Gasteiger partial charge >= 0.3 is 5.97 Å². The van der Waals surface area contributed by atoms with E-state index in [1.165, 1.54) is 0 Å². The summed E-state index contributed by atoms with van der Waals surface area (Å²) in [5.41, 5.74) is 1.75. The third kappa shape index (κ3) is 4.97. The summed E-state index contributed by atoms with van der Waals surface area (Å²) in [6, 6.07) is 23.3. The number of methoxy groups -OCH3 is 1. The van der Waals surface area contributed by atoms with Gasteiger partial charge in [-0.2, -0.15) is 0 Å². The minimum absolute atomic E-state index is 0.333. The van der Waals surface area contributed by atoms with Gasteiger partial charge < -0.3 is 19.5 Å². The zero-order chi connectivity index (χ0) is 22.4. The molecule has 0 radical (unpaired) electrons. The number of piperidine rings is 1. The van der Waals surface area contributed by atoms with Crippen LogP contribution in [0.5, 0.6) is 11.5 Å². The molecule has 32 heavy (non-hydrogen) atoms. The van der Waals surface area contributed by atoms with Crippen LogP contribution in [-0.4, -0.2) is 26.2 Å². The van der Waals surface area contributed by atoms with Crippen LogP contribution < -0.4 is 14.8 Å². The molecular weight excluding hydrogens is 470 g/mol. The number of carbonyl (C=O) groups excluding carboxylic acids is 1. The molecule has 0 unspecified atom stereocenters. The van der Waals surface area contributed by atoms with Gasteiger partial charge in [0.2, 0.25) is 0 Å². The van der Waals surface area contributed by atoms with Crippen molar-refractivity contribution in [2.75, 3.05) is 20.2 Å². The Morgan fingerprint density at radius 2 is 1.66 bits per heavy atom. The number of hydrogen-bond acceptors (Lipinski definition) is 4. The summed E-state index contributed by atoms with van der Waals surface area (Å²) in [5, 5.41) is 2.26. The minimum Gasteiger partial charge on any atom is -0.497 e. The topological polar surface area (TPSA) is 61.4 Å². The van der Waals surface area contributed by atoms with Crippen LogP contribution in [0.2, 0.25) is 0 Å². The first-order valence-corrected chi connectivity index (χ1v) is 11.6. The first-order chi connectivity index (χ1) is 15.6. The number of esters is 1. The smallest absolute Gasteiger partial charge is 0.343 e. The van der Waals surface area contributed by atoms with Crippen molar-refractivity contribution < 1.29 is 24.3 Å². The van der Waals surface area contributed by atoms with Crippen molar-refractivity contribution in [1.82, 2.24) is 0 Å². The molecule has 0 aliphatic carbocycles. The second kappa shape index (κ2) is 10.2. The summed E-state index contributed by atoms with van der Waals surface area (Å²) in [6.45, 7) is 2.14. The fraction of sp³-hybridized carbons (Fsp3) is 0.269. The van der Waals surface area contributed by atoms with Crippen LogP contribution in [-0.2, 0) is 16.9 Å². The molecule has 1 heterocycles. The van der Waals surface area contributed by atoms with Crippen molar-refractivity contribution in [3.05, 3.63) is 94.0 Å². The standard InChI is InChI=1S/C26H26BrNO4/c1-30-21-16-22(27)24(23(17-21)31-18-19-8-4-2-5-9-19)25(29)32-26(12-14-28-15-13-26)20-10-6-3-7-11-20/h2-11,16-17,28H,12-15,18H2,1H3/p+1. The summed E-state index contributed by atoms with van der Waals surface area (Å²) in [7, 11) is 1.59. The number of quaternary nitrogens is 1. The van der Waals surface area contributed by atoms with Crippen molar-refractivity contribution in [2.24, 2.45) is 0 Å². The first kappa shape index (κ1) is 22.4. The maximum absolute atomic E-state index is 13.6. The molecule has 1 fully saturated rings. The molecule has 0 saturated carbocycles. The third-order valence-corrected chi connectivity index (χ3v) is 6.42. The molecule has 0 bridgehead atoms. The summed E-state index contributed by atoms with van der Waals surface area (Å²) >= 11 is 3.54. The van der Waals surface area contributed by atoms with Gasteiger partial charge in [0.1, 0.15) is 29.3 Å². The lowest BCUT2D eigenvalue weighted by molar-refractivity contribution is -0.668. The van der Waals surface area contributed by atoms with E-state index in [1.54, 1.807) is 19.2 Å². The molecule has 0 amide bonds. The van der Waals surface area contributed by atoms with Crippen molar-refractivity contribution in [3.63, 3.8) is 0 Å². The summed E-state index contributed by atoms with van der Waals surface area (Å²) in [5.74, 6) is 0.616. The van der Waals surface area contributed by atoms with E-state index in [4.69, 9.17) is 14.2 Å². The Morgan fingerprint density at radius 1 is 1.00 bits per heavy atom. The highest BCUT2D eigenvalue weighted by Crippen LogP contribution is 2.39. The average molecular weight is 497 g/mol. The Labute approximate surface area is 196 Å². The lowest BCUT2D eigenvalue weighted by Gasteiger charge is -2.36. The minimum atomic E-state index is -0.650. The van der Waals surface area contributed by atoms with Gasteiger partial charge in [-0.15, -0.1) is 0 Å². The van der Waals surface area contributed by atoms with Gasteiger partial charge in [-0.25, -0.2) is 4.79 Å². The number of halogens is 1. The number of ether oxygens (including phenoxy) is 3. The lowest BCUT2D eigenvalue weighted by Crippen LogP contribution is -2.87. The zero-order valence-corrected chi connectivity index (χ0v) is 19.6. The van der Waals surface area contributed by atoms with E-state index in [2.05, 4.69) is 21.2 Å². The zero-order valence-electron chi connectivity index (χ0n) is 18.1. The molecule has 3 aromatic rings. The average Bonchev–Trinajstić information content (AvgIpc) is 2.84. The van der Waals surface area contributed by atoms with Crippen LogP contribution in [0, 0.1) is 0 Å². The van der Waals surface area contributed by atoms with Crippen LogP contribution in [0.15, 0.2) is 77.3 Å². The van der Waals surface area contributed by atoms with Gasteiger partial charge in [0, 0.05) is 23.4 Å². The third-order valence-electron chi connectivity index (χ3n) is 5.80. The number of benzene rings is 3. The predicted molar refractivity (Wildman–Crippen MR) is 126 cm³/mol. The summed E-state index contributed by atoms with van der Waals surface area (Å²) in [4.78, 5) is 13.6. The monoisotopic (exact) mass is 496 g/mol. The fourth-order valence-electron chi connectivity index (χ4n) is 4.08. The van der Waals surface area contributed by atoms with Gasteiger partial charge in [-0.1, -0.05) is 60.7 Å². The van der Waals surface area contributed by atoms with Crippen LogP contribution in [0.4, 0.5) is 0 Å². The Hall–Kier alpha value is -2.83. The van der Waals surface area contributed by atoms with Crippen LogP contribution >= 0.6 is 15.9 Å². The number of carbonyl (C=O) groups is 1. The molecule has 166 valence electrons. The highest BCUT2D eigenvalue weighted by molar-refractivity contribution is 9.10. The number of hydrogen-bond donors (Lipinski definition) is 1. The van der Waals surface area contributed by atoms with Crippen LogP contribution in [0.1, 0.15) is 34.3 Å². The van der Waals surface area contributed by atoms with E-state index < -0.39 is 11.6 Å². The maximum Gasteiger partial charge on any atom is 0.343 e. The maximum atomic E-state index is 13.6. The predicted octanol–water partition coefficient (Wildman–Crippen LogP) is 4.45. The van der Waals surface area contributed by atoms with Gasteiger partial charge in [0.05, 0.1) is 20.2 Å². The second-order valence-corrected chi connectivity index (χ2v) is 8.73. The Morgan fingerprint density at radius 3 is 2.31 bits per heavy atom. The summed E-state index contributed by atoms with van der Waals surface area (Å²) < 4.78 is 18.3. The van der Waals surface area contributed by atoms with Gasteiger partial charge in [-0.3, -0.25) is 0 Å². The van der Waals surface area contributed by atoms with Crippen molar-refractivity contribution in [1.29, 1.82) is 0 Å². The van der Waals surface area contributed by atoms with Gasteiger partial charge in [-0.05, 0) is 33.1 Å². The molecule has 3 aromatic carbocycles. The summed E-state index contributed by atoms with van der Waals surface area (Å²) in [6.07, 6.45) is 1.52. The Kier molecular flexibility index (Phi) is 7.12. The molecule has 6 heteroatoms. The van der Waals surface area contributed by atoms with E-state index in [9.17, 15) is 4.79 Å². The normalized spacial score (nSPS) is 15.1. The highest BCUT2D eigenvalue weighted by Gasteiger charge is 2.40. The molecule has 5 nitrogen and oxygen atoms in total. The molecule has 1 aliphatic rings. The van der Waals surface area contributed by atoms with Crippen LogP contribution in [0.25, 0.3) is 0 Å². The van der Waals surface area contributed by atoms with Crippen molar-refractivity contribution in [2.45, 2.75) is 25.0 Å². The molecule has 1 aliphatic heterocycles. The Balaban J connectivity index is 1.65. The van der Waals surface area contributed by atoms with E-state index in [0.717, 1.165) is 37.1 Å². The number of nitrogens with two attached hydrogens (primary N) is 1. The molecule has 0 atom stereocenters. The van der Waals surface area contributed by atoms with E-state index >= 15 is 0 Å². The highest BCUT2D eigenvalue weighted by atomic mass is 79.9. The Bertz CT molecular complexity index is 1050. The second-order valence-electron chi connectivity index (χ2n) is 7.87. The fourth-order valence-corrected chi connectivity index (χ4v) is 4.67. The van der Waals surface area contributed by atoms with Gasteiger partial charge in [0.15, 0.2) is 0 Å². The molecule has 0 aromatic heterocycles. The van der Waals surface area contributed by atoms with Gasteiger partial charge in [0.25, 0.3) is 0 Å². The first-order valence-electron chi connectivity index (χ1n) is 10.8. The number of rotatable bonds is 7. The van der Waals surface area contributed by atoms with Crippen LogP contribution in [0.3, 0.4) is 0 Å². The van der Waals surface area contributed by atoms with Crippen molar-refractivity contribution in [3.8, 4) is 11.5 Å². The van der Waals surface area contributed by atoms with E-state index in [1.807, 2.05) is 60.7 Å².